The number of carbonyl (C=O) groups excluding carboxylic acids is 3. The summed E-state index contributed by atoms with van der Waals surface area (Å²) in [6.45, 7) is 62.0. The van der Waals surface area contributed by atoms with E-state index < -0.39 is 70.6 Å². The van der Waals surface area contributed by atoms with E-state index in [4.69, 9.17) is 66.0 Å². The standard InChI is InChI=1S/C43H60N5O5PSi.C41H66N9O6PSi/c1-13-15-16-17-18-20-25-34-30-47(35-26-27-45-40(37(34)35)46-41(49)33-23-21-19-22-24-33)42-39(53-55(11,12)43(7,8)9)38(36(14-2)51-42)52-54(50-29-28-44-10)48(31(3)4)32(5)6;1-13-32-34(55-57(53-26-25-42-10)50(28(2)3)29(4)5)35(56-58(11,12)41(7,8)9)39(54-32)49-37-33(47-40(49)44-24-20-15-14-19-23-43-30(6)51)36(45-27-46-37)48-38(52)31-21-17-16-18-22-31/h1,19,21-24,26-27,30-32,36,38-39,42H,14-18,28-29H2,2-9,11-12H3,(H,45,46,49);16-18,21-22,27-29,32,34-35,39H,13-15,19-20,23-26H2,1-9,11-12H3,(H,43,51)(H,44,47)(H,45,46,48,52)/t36-,38?,39+,42-,54?;32-,34?,35+,39-,57?/m11/s1. The van der Waals surface area contributed by atoms with Crippen LogP contribution in [0.3, 0.4) is 0 Å². The summed E-state index contributed by atoms with van der Waals surface area (Å²) in [4.78, 5) is 64.2. The Morgan fingerprint density at radius 3 is 1.61 bits per heavy atom. The average molecular weight is 1630 g/mol. The number of imidazole rings is 1. The van der Waals surface area contributed by atoms with Crippen molar-refractivity contribution < 1.29 is 50.8 Å². The van der Waals surface area contributed by atoms with E-state index in [0.29, 0.717) is 66.4 Å². The Kier molecular flexibility index (Phi) is 36.0. The third kappa shape index (κ3) is 25.2. The first kappa shape index (κ1) is 93.0. The van der Waals surface area contributed by atoms with E-state index in [1.165, 1.54) is 13.3 Å². The Labute approximate surface area is 677 Å². The molecule has 4 unspecified atom stereocenters. The molecule has 3 amide bonds. The molecule has 0 radical (unpaired) electrons. The minimum atomic E-state index is -2.49. The lowest BCUT2D eigenvalue weighted by Gasteiger charge is -2.42. The van der Waals surface area contributed by atoms with E-state index in [1.807, 2.05) is 53.2 Å². The largest absolute Gasteiger partial charge is 0.407 e. The molecule has 0 bridgehead atoms. The van der Waals surface area contributed by atoms with E-state index in [1.54, 1.807) is 30.5 Å². The second-order valence-electron chi connectivity index (χ2n) is 32.7. The van der Waals surface area contributed by atoms with Gasteiger partial charge in [-0.25, -0.2) is 42.4 Å². The van der Waals surface area contributed by atoms with Crippen molar-refractivity contribution >= 4 is 91.1 Å². The molecular weight excluding hydrogens is 1500 g/mol. The minimum Gasteiger partial charge on any atom is -0.407 e. The third-order valence-corrected chi connectivity index (χ3v) is 33.9. The summed E-state index contributed by atoms with van der Waals surface area (Å²) in [5.74, 6) is 10.1. The number of aromatic nitrogens is 6. The highest BCUT2D eigenvalue weighted by Gasteiger charge is 2.55. The number of unbranched alkanes of at least 4 members (excludes halogenated alkanes) is 6. The van der Waals surface area contributed by atoms with Crippen molar-refractivity contribution in [2.75, 3.05) is 55.3 Å². The number of rotatable bonds is 39. The lowest BCUT2D eigenvalue weighted by atomic mass is 10.1. The molecule has 0 spiro atoms. The molecule has 4 aromatic heterocycles. The van der Waals surface area contributed by atoms with Crippen LogP contribution in [0.5, 0.6) is 0 Å². The topological polar surface area (TPSA) is 250 Å². The summed E-state index contributed by atoms with van der Waals surface area (Å²) < 4.78 is 64.5. The highest BCUT2D eigenvalue weighted by molar-refractivity contribution is 7.45. The summed E-state index contributed by atoms with van der Waals surface area (Å²) in [5.41, 5.74) is 3.44. The fraction of sp³-hybridized carbons (Fsp3) is 0.607. The van der Waals surface area contributed by atoms with Crippen molar-refractivity contribution in [3.8, 4) is 24.2 Å². The Hall–Kier alpha value is -7.12. The van der Waals surface area contributed by atoms with E-state index in [9.17, 15) is 14.4 Å². The van der Waals surface area contributed by atoms with Gasteiger partial charge in [0.2, 0.25) is 24.9 Å². The molecule has 0 aliphatic carbocycles. The summed E-state index contributed by atoms with van der Waals surface area (Å²) in [5, 5.41) is 12.9. The SMILES string of the molecule is [C-]#[N+]CCOP(OC1[C@@H](CC)O[C@@H](n2c(NCCCCCCNC(C)=O)nc3c(NC(=O)c4ccccc4)ncnc32)[C@H]1O[Si](C)(C)C(C)(C)C)N(C(C)C)C(C)C.[C-]#[N+]CCOP(OC1[C@@H](CC)O[C@@H](n2cc(C#CCCCCC#C)c3c(NC(=O)c4ccccc4)nccc32)[C@H]1O[Si](C)(C)C(C)(C)C)N(C(C)C)C(C)C. The second-order valence-corrected chi connectivity index (χ2v) is 45.0. The van der Waals surface area contributed by atoms with Gasteiger partial charge in [-0.3, -0.25) is 19.0 Å². The number of pyridine rings is 1. The molecule has 616 valence electrons. The van der Waals surface area contributed by atoms with Gasteiger partial charge in [-0.05, 0) is 161 Å². The molecule has 6 aromatic rings. The van der Waals surface area contributed by atoms with Crippen molar-refractivity contribution in [2.45, 2.75) is 291 Å². The molecule has 29 heteroatoms. The first-order valence-corrected chi connectivity index (χ1v) is 48.2. The van der Waals surface area contributed by atoms with Crippen LogP contribution >= 0.6 is 17.1 Å². The smallest absolute Gasteiger partial charge is 0.259 e. The van der Waals surface area contributed by atoms with E-state index >= 15 is 0 Å². The van der Waals surface area contributed by atoms with Crippen LogP contribution in [-0.4, -0.2) is 173 Å². The summed E-state index contributed by atoms with van der Waals surface area (Å²) >= 11 is 0. The van der Waals surface area contributed by atoms with Gasteiger partial charge in [-0.15, -0.1) is 12.3 Å². The van der Waals surface area contributed by atoms with Gasteiger partial charge in [0, 0.05) is 80.5 Å². The fourth-order valence-corrected chi connectivity index (χ4v) is 19.1. The van der Waals surface area contributed by atoms with Gasteiger partial charge in [-0.2, -0.15) is 0 Å². The quantitative estimate of drug-likeness (QED) is 0.00920. The number of nitrogens with zero attached hydrogens (tertiary/aromatic N) is 10. The maximum absolute atomic E-state index is 13.5. The van der Waals surface area contributed by atoms with Gasteiger partial charge in [0.25, 0.3) is 28.9 Å². The lowest BCUT2D eigenvalue weighted by molar-refractivity contribution is -0.118. The number of amides is 3. The summed E-state index contributed by atoms with van der Waals surface area (Å²) in [7, 11) is -8.11. The normalized spacial score (nSPS) is 19.3. The Morgan fingerprint density at radius 1 is 0.646 bits per heavy atom. The zero-order chi connectivity index (χ0) is 83.0. The number of anilines is 3. The van der Waals surface area contributed by atoms with Crippen molar-refractivity contribution in [1.29, 1.82) is 0 Å². The molecule has 2 aliphatic heterocycles. The van der Waals surface area contributed by atoms with Crippen LogP contribution < -0.4 is 21.3 Å². The van der Waals surface area contributed by atoms with Crippen LogP contribution in [-0.2, 0) is 41.2 Å². The van der Waals surface area contributed by atoms with Gasteiger partial charge in [-0.1, -0.05) is 116 Å². The number of hydrogen-bond donors (Lipinski definition) is 4. The van der Waals surface area contributed by atoms with Crippen LogP contribution in [0.2, 0.25) is 36.3 Å². The van der Waals surface area contributed by atoms with Crippen molar-refractivity contribution in [2.24, 2.45) is 0 Å². The molecule has 10 atom stereocenters. The molecule has 8 rings (SSSR count). The monoisotopic (exact) mass is 1620 g/mol. The fourth-order valence-electron chi connectivity index (χ4n) is 13.0. The number of carbonyl (C=O) groups is 3. The second kappa shape index (κ2) is 43.7. The molecule has 25 nitrogen and oxygen atoms in total. The zero-order valence-corrected chi connectivity index (χ0v) is 74.5. The Bertz CT molecular complexity index is 4200. The number of terminal acetylenes is 1. The van der Waals surface area contributed by atoms with Crippen LogP contribution in [0.4, 0.5) is 17.6 Å². The van der Waals surface area contributed by atoms with Gasteiger partial charge in [0.1, 0.15) is 49.8 Å². The number of fused-ring (bicyclic) bond motifs is 2. The molecule has 2 fully saturated rings. The maximum Gasteiger partial charge on any atom is 0.259 e. The summed E-state index contributed by atoms with van der Waals surface area (Å²) in [6, 6.07) is 20.5. The molecule has 2 aromatic carbocycles. The molecule has 2 saturated heterocycles. The maximum atomic E-state index is 13.5. The van der Waals surface area contributed by atoms with E-state index in [-0.39, 0.29) is 96.3 Å². The number of hydrogen-bond acceptors (Lipinski definition) is 18. The van der Waals surface area contributed by atoms with E-state index in [0.717, 1.165) is 61.4 Å². The number of ether oxygens (including phenoxy) is 2. The molecule has 4 N–H and O–H groups in total. The molecule has 113 heavy (non-hydrogen) atoms. The zero-order valence-electron chi connectivity index (χ0n) is 70.8. The summed E-state index contributed by atoms with van der Waals surface area (Å²) in [6.07, 6.45) is 14.6. The van der Waals surface area contributed by atoms with Crippen LogP contribution in [0.25, 0.3) is 31.8 Å². The predicted molar refractivity (Wildman–Crippen MR) is 459 cm³/mol. The first-order valence-electron chi connectivity index (χ1n) is 40.1. The van der Waals surface area contributed by atoms with Gasteiger partial charge < -0.3 is 71.9 Å². The third-order valence-electron chi connectivity index (χ3n) is 20.7. The number of nitrogens with one attached hydrogen (secondary N) is 4. The predicted octanol–water partition coefficient (Wildman–Crippen LogP) is 18.7. The highest BCUT2D eigenvalue weighted by atomic mass is 31.2. The van der Waals surface area contributed by atoms with Crippen LogP contribution in [0, 0.1) is 37.3 Å². The van der Waals surface area contributed by atoms with Crippen LogP contribution in [0.15, 0.2) is 85.5 Å². The van der Waals surface area contributed by atoms with Gasteiger partial charge in [0.05, 0.1) is 28.7 Å². The Morgan fingerprint density at radius 2 is 1.13 bits per heavy atom. The first-order chi connectivity index (χ1) is 53.6. The van der Waals surface area contributed by atoms with Crippen molar-refractivity contribution in [3.05, 3.63) is 125 Å². The van der Waals surface area contributed by atoms with Gasteiger partial charge >= 0.3 is 0 Å². The molecule has 6 heterocycles. The molecular formula is C84H126N14O11P2Si2. The average Bonchev–Trinajstić information content (AvgIpc) is 1.60. The highest BCUT2D eigenvalue weighted by Crippen LogP contribution is 2.55. The van der Waals surface area contributed by atoms with Crippen molar-refractivity contribution in [3.63, 3.8) is 0 Å². The van der Waals surface area contributed by atoms with Gasteiger partial charge in [0.15, 0.2) is 46.1 Å². The van der Waals surface area contributed by atoms with Crippen LogP contribution in [0.1, 0.15) is 221 Å². The number of benzene rings is 2. The lowest BCUT2D eigenvalue weighted by Crippen LogP contribution is -2.49. The molecule has 0 saturated carbocycles. The van der Waals surface area contributed by atoms with E-state index in [2.05, 4.69) is 210 Å². The molecule has 2 aliphatic rings. The minimum absolute atomic E-state index is 0.0210. The Balaban J connectivity index is 0.000000314. The van der Waals surface area contributed by atoms with Crippen molar-refractivity contribution in [1.82, 2.24) is 43.7 Å².